The number of thioether (sulfide) groups is 1. The van der Waals surface area contributed by atoms with Gasteiger partial charge in [0.1, 0.15) is 17.3 Å². The highest BCUT2D eigenvalue weighted by Gasteiger charge is 2.31. The zero-order valence-electron chi connectivity index (χ0n) is 17.7. The zero-order valence-corrected chi connectivity index (χ0v) is 18.5. The van der Waals surface area contributed by atoms with Crippen molar-refractivity contribution in [1.29, 1.82) is 0 Å². The Morgan fingerprint density at radius 1 is 1.23 bits per heavy atom. The van der Waals surface area contributed by atoms with Crippen LogP contribution in [0.3, 0.4) is 0 Å². The number of nitrogens with zero attached hydrogens (tertiary/aromatic N) is 5. The van der Waals surface area contributed by atoms with E-state index in [9.17, 15) is 4.79 Å². The first kappa shape index (κ1) is 19.9. The van der Waals surface area contributed by atoms with E-state index in [1.165, 1.54) is 11.8 Å². The van der Waals surface area contributed by atoms with Gasteiger partial charge in [0, 0.05) is 28.9 Å². The van der Waals surface area contributed by atoms with Crippen molar-refractivity contribution in [2.45, 2.75) is 51.2 Å². The third kappa shape index (κ3) is 3.85. The van der Waals surface area contributed by atoms with Gasteiger partial charge in [-0.3, -0.25) is 13.9 Å². The predicted octanol–water partition coefficient (Wildman–Crippen LogP) is 4.48. The molecule has 0 radical (unpaired) electrons. The van der Waals surface area contributed by atoms with Crippen LogP contribution in [-0.4, -0.2) is 36.0 Å². The molecular weight excluding hydrogens is 414 g/mol. The van der Waals surface area contributed by atoms with Gasteiger partial charge >= 0.3 is 0 Å². The Morgan fingerprint density at radius 2 is 2.06 bits per heavy atom. The number of hydrogen-bond acceptors (Lipinski definition) is 7. The van der Waals surface area contributed by atoms with Crippen molar-refractivity contribution in [3.8, 4) is 5.82 Å². The van der Waals surface area contributed by atoms with Crippen molar-refractivity contribution in [3.05, 3.63) is 64.8 Å². The molecule has 5 rings (SSSR count). The second-order valence-corrected chi connectivity index (χ2v) is 8.85. The molecule has 0 unspecified atom stereocenters. The summed E-state index contributed by atoms with van der Waals surface area (Å²) in [6, 6.07) is 7.58. The average Bonchev–Trinajstić information content (AvgIpc) is 3.08. The van der Waals surface area contributed by atoms with Gasteiger partial charge in [0.15, 0.2) is 16.8 Å². The molecule has 1 saturated carbocycles. The number of carbonyl (C=O) groups is 1. The number of furan rings is 1. The molecule has 4 heterocycles. The molecular formula is C22H23N5O3S. The molecule has 160 valence electrons. The van der Waals surface area contributed by atoms with Gasteiger partial charge in [-0.1, -0.05) is 16.9 Å². The summed E-state index contributed by atoms with van der Waals surface area (Å²) in [5, 5.41) is 13.6. The molecule has 0 saturated heterocycles. The van der Waals surface area contributed by atoms with E-state index in [0.29, 0.717) is 23.8 Å². The molecule has 0 aliphatic heterocycles. The lowest BCUT2D eigenvalue weighted by Gasteiger charge is -2.08. The van der Waals surface area contributed by atoms with Gasteiger partial charge < -0.3 is 8.94 Å². The Bertz CT molecular complexity index is 1230. The summed E-state index contributed by atoms with van der Waals surface area (Å²) in [4.78, 5) is 13.1. The summed E-state index contributed by atoms with van der Waals surface area (Å²) >= 11 is 1.42. The fourth-order valence-electron chi connectivity index (χ4n) is 3.82. The molecule has 0 aromatic carbocycles. The lowest BCUT2D eigenvalue weighted by atomic mass is 10.2. The van der Waals surface area contributed by atoms with Crippen LogP contribution in [0.4, 0.5) is 0 Å². The molecule has 0 amide bonds. The number of ketones is 1. The second kappa shape index (κ2) is 7.88. The standard InChI is InChI=1S/C22H23N5O3S/c1-13-9-18(15(3)27(13)20-10-14(2)30-25-20)19(28)12-31-22-24-23-21(16-6-7-16)26(22)11-17-5-4-8-29-17/h4-5,8-10,16H,6-7,11-12H2,1-3H3. The summed E-state index contributed by atoms with van der Waals surface area (Å²) in [5.74, 6) is 4.03. The maximum atomic E-state index is 13.1. The fraction of sp³-hybridized carbons (Fsp3) is 0.364. The van der Waals surface area contributed by atoms with Gasteiger partial charge in [-0.15, -0.1) is 10.2 Å². The van der Waals surface area contributed by atoms with Crippen molar-refractivity contribution in [2.75, 3.05) is 5.75 Å². The number of rotatable bonds is 8. The van der Waals surface area contributed by atoms with E-state index in [1.807, 2.05) is 49.6 Å². The molecule has 0 spiro atoms. The van der Waals surface area contributed by atoms with Gasteiger partial charge in [0.2, 0.25) is 0 Å². The van der Waals surface area contributed by atoms with Crippen molar-refractivity contribution in [1.82, 2.24) is 24.5 Å². The number of carbonyl (C=O) groups excluding carboxylic acids is 1. The summed E-state index contributed by atoms with van der Waals surface area (Å²) in [6.07, 6.45) is 3.93. The van der Waals surface area contributed by atoms with Crippen LogP contribution in [0, 0.1) is 20.8 Å². The van der Waals surface area contributed by atoms with Crippen LogP contribution in [0.5, 0.6) is 0 Å². The van der Waals surface area contributed by atoms with Crippen LogP contribution in [0.25, 0.3) is 5.82 Å². The Labute approximate surface area is 183 Å². The molecule has 31 heavy (non-hydrogen) atoms. The van der Waals surface area contributed by atoms with Crippen molar-refractivity contribution >= 4 is 17.5 Å². The van der Waals surface area contributed by atoms with Crippen molar-refractivity contribution in [3.63, 3.8) is 0 Å². The first-order valence-electron chi connectivity index (χ1n) is 10.3. The van der Waals surface area contributed by atoms with Crippen molar-refractivity contribution in [2.24, 2.45) is 0 Å². The Balaban J connectivity index is 1.36. The highest BCUT2D eigenvalue weighted by molar-refractivity contribution is 7.99. The summed E-state index contributed by atoms with van der Waals surface area (Å²) in [7, 11) is 0. The highest BCUT2D eigenvalue weighted by Crippen LogP contribution is 2.40. The first-order chi connectivity index (χ1) is 15.0. The van der Waals surface area contributed by atoms with Crippen LogP contribution < -0.4 is 0 Å². The monoisotopic (exact) mass is 437 g/mol. The highest BCUT2D eigenvalue weighted by atomic mass is 32.2. The zero-order chi connectivity index (χ0) is 21.5. The molecule has 4 aromatic rings. The van der Waals surface area contributed by atoms with E-state index in [2.05, 4.69) is 19.9 Å². The molecule has 0 N–H and O–H groups in total. The second-order valence-electron chi connectivity index (χ2n) is 7.91. The minimum atomic E-state index is 0.0464. The maximum Gasteiger partial charge on any atom is 0.192 e. The van der Waals surface area contributed by atoms with Crippen LogP contribution in [0.2, 0.25) is 0 Å². The van der Waals surface area contributed by atoms with E-state index in [0.717, 1.165) is 46.7 Å². The maximum absolute atomic E-state index is 13.1. The Hall–Kier alpha value is -3.07. The fourth-order valence-corrected chi connectivity index (χ4v) is 4.65. The molecule has 1 fully saturated rings. The summed E-state index contributed by atoms with van der Waals surface area (Å²) in [5.41, 5.74) is 2.48. The lowest BCUT2D eigenvalue weighted by molar-refractivity contribution is 0.102. The van der Waals surface area contributed by atoms with E-state index in [-0.39, 0.29) is 11.5 Å². The molecule has 0 atom stereocenters. The van der Waals surface area contributed by atoms with Crippen LogP contribution in [0.1, 0.15) is 57.9 Å². The summed E-state index contributed by atoms with van der Waals surface area (Å²) < 4.78 is 14.7. The van der Waals surface area contributed by atoms with E-state index < -0.39 is 0 Å². The molecule has 1 aliphatic carbocycles. The quantitative estimate of drug-likeness (QED) is 0.296. The van der Waals surface area contributed by atoms with Gasteiger partial charge in [-0.25, -0.2) is 0 Å². The molecule has 9 heteroatoms. The summed E-state index contributed by atoms with van der Waals surface area (Å²) in [6.45, 7) is 6.31. The minimum Gasteiger partial charge on any atom is -0.467 e. The average molecular weight is 438 g/mol. The third-order valence-electron chi connectivity index (χ3n) is 5.49. The normalized spacial score (nSPS) is 13.8. The Morgan fingerprint density at radius 3 is 2.74 bits per heavy atom. The van der Waals surface area contributed by atoms with Crippen LogP contribution in [-0.2, 0) is 6.54 Å². The van der Waals surface area contributed by atoms with E-state index in [1.54, 1.807) is 6.26 Å². The first-order valence-corrected chi connectivity index (χ1v) is 11.2. The number of hydrogen-bond donors (Lipinski definition) is 0. The van der Waals surface area contributed by atoms with Gasteiger partial charge in [0.05, 0.1) is 18.6 Å². The molecule has 4 aromatic heterocycles. The lowest BCUT2D eigenvalue weighted by Crippen LogP contribution is -2.08. The largest absolute Gasteiger partial charge is 0.467 e. The molecule has 1 aliphatic rings. The number of Topliss-reactive ketones (excluding diaryl/α,β-unsaturated/α-hetero) is 1. The third-order valence-corrected chi connectivity index (χ3v) is 6.46. The van der Waals surface area contributed by atoms with Crippen molar-refractivity contribution < 1.29 is 13.7 Å². The van der Waals surface area contributed by atoms with Crippen LogP contribution >= 0.6 is 11.8 Å². The smallest absolute Gasteiger partial charge is 0.192 e. The predicted molar refractivity (Wildman–Crippen MR) is 115 cm³/mol. The number of aryl methyl sites for hydroxylation is 2. The van der Waals surface area contributed by atoms with E-state index in [4.69, 9.17) is 8.94 Å². The van der Waals surface area contributed by atoms with Gasteiger partial charge in [-0.05, 0) is 51.8 Å². The topological polar surface area (TPSA) is 91.9 Å². The van der Waals surface area contributed by atoms with Gasteiger partial charge in [0.25, 0.3) is 0 Å². The SMILES string of the molecule is Cc1cc(-n2c(C)cc(C(=O)CSc3nnc(C4CC4)n3Cc3ccco3)c2C)no1. The minimum absolute atomic E-state index is 0.0464. The molecule has 8 nitrogen and oxygen atoms in total. The van der Waals surface area contributed by atoms with E-state index >= 15 is 0 Å². The number of aromatic nitrogens is 5. The van der Waals surface area contributed by atoms with Gasteiger partial charge in [-0.2, -0.15) is 0 Å². The van der Waals surface area contributed by atoms with Crippen LogP contribution in [0.15, 0.2) is 44.6 Å². The Kier molecular flexibility index (Phi) is 5.05. The molecule has 0 bridgehead atoms.